The van der Waals surface area contributed by atoms with Crippen molar-refractivity contribution in [1.29, 1.82) is 5.26 Å². The molecule has 4 nitrogen and oxygen atoms in total. The average Bonchev–Trinajstić information content (AvgIpc) is 3.10. The Morgan fingerprint density at radius 2 is 2.13 bits per heavy atom. The number of halogens is 1. The van der Waals surface area contributed by atoms with E-state index in [1.54, 1.807) is 6.07 Å². The van der Waals surface area contributed by atoms with Crippen LogP contribution in [0.15, 0.2) is 35.0 Å². The van der Waals surface area contributed by atoms with E-state index in [9.17, 15) is 10.1 Å². The summed E-state index contributed by atoms with van der Waals surface area (Å²) in [7, 11) is 0. The molecule has 1 fully saturated rings. The van der Waals surface area contributed by atoms with Crippen molar-refractivity contribution in [1.82, 2.24) is 5.32 Å². The lowest BCUT2D eigenvalue weighted by Crippen LogP contribution is -2.44. The molecule has 0 spiro atoms. The van der Waals surface area contributed by atoms with Gasteiger partial charge in [-0.25, -0.2) is 0 Å². The molecule has 1 saturated heterocycles. The third kappa shape index (κ3) is 3.66. The minimum atomic E-state index is -0.00564. The van der Waals surface area contributed by atoms with E-state index in [1.165, 1.54) is 11.3 Å². The van der Waals surface area contributed by atoms with Crippen LogP contribution in [0.25, 0.3) is 0 Å². The van der Waals surface area contributed by atoms with Gasteiger partial charge in [0.15, 0.2) is 0 Å². The smallest absolute Gasteiger partial charge is 0.252 e. The van der Waals surface area contributed by atoms with Gasteiger partial charge in [0.05, 0.1) is 11.3 Å². The highest BCUT2D eigenvalue weighted by molar-refractivity contribution is 7.08. The largest absolute Gasteiger partial charge is 0.370 e. The third-order valence-corrected chi connectivity index (χ3v) is 4.95. The first kappa shape index (κ1) is 15.9. The molecule has 1 amide bonds. The summed E-state index contributed by atoms with van der Waals surface area (Å²) in [5.41, 5.74) is 2.24. The molecule has 3 rings (SSSR count). The zero-order chi connectivity index (χ0) is 16.2. The molecule has 2 aromatic rings. The predicted octanol–water partition coefficient (Wildman–Crippen LogP) is 3.67. The quantitative estimate of drug-likeness (QED) is 0.923. The van der Waals surface area contributed by atoms with Crippen LogP contribution < -0.4 is 10.2 Å². The molecular formula is C17H16ClN3OS. The fourth-order valence-electron chi connectivity index (χ4n) is 2.80. The van der Waals surface area contributed by atoms with Gasteiger partial charge in [-0.15, -0.1) is 0 Å². The van der Waals surface area contributed by atoms with Crippen molar-refractivity contribution in [2.75, 3.05) is 18.0 Å². The maximum absolute atomic E-state index is 12.1. The van der Waals surface area contributed by atoms with Crippen LogP contribution in [0.2, 0.25) is 5.02 Å². The van der Waals surface area contributed by atoms with Gasteiger partial charge in [-0.1, -0.05) is 11.6 Å². The zero-order valence-corrected chi connectivity index (χ0v) is 14.0. The number of hydrogen-bond donors (Lipinski definition) is 1. The number of hydrogen-bond acceptors (Lipinski definition) is 4. The summed E-state index contributed by atoms with van der Waals surface area (Å²) < 4.78 is 0. The summed E-state index contributed by atoms with van der Waals surface area (Å²) in [4.78, 5) is 14.3. The number of nitrogens with one attached hydrogen (secondary N) is 1. The Labute approximate surface area is 144 Å². The van der Waals surface area contributed by atoms with E-state index in [2.05, 4.69) is 16.3 Å². The van der Waals surface area contributed by atoms with E-state index in [1.807, 2.05) is 29.0 Å². The number of carbonyl (C=O) groups excluding carboxylic acids is 1. The normalized spacial score (nSPS) is 15.2. The summed E-state index contributed by atoms with van der Waals surface area (Å²) in [6.45, 7) is 1.62. The van der Waals surface area contributed by atoms with Crippen LogP contribution in [0.3, 0.4) is 0 Å². The number of nitrogens with zero attached hydrogens (tertiary/aromatic N) is 2. The third-order valence-electron chi connectivity index (χ3n) is 4.03. The fraction of sp³-hybridized carbons (Fsp3) is 0.294. The van der Waals surface area contributed by atoms with Crippen LogP contribution >= 0.6 is 22.9 Å². The van der Waals surface area contributed by atoms with Crippen LogP contribution in [0.1, 0.15) is 28.8 Å². The molecule has 0 bridgehead atoms. The van der Waals surface area contributed by atoms with Gasteiger partial charge in [-0.2, -0.15) is 16.6 Å². The Hall–Kier alpha value is -2.03. The van der Waals surface area contributed by atoms with E-state index in [0.29, 0.717) is 10.6 Å². The summed E-state index contributed by atoms with van der Waals surface area (Å²) in [5, 5.41) is 16.7. The van der Waals surface area contributed by atoms with E-state index in [0.717, 1.165) is 37.2 Å². The summed E-state index contributed by atoms with van der Waals surface area (Å²) in [6.07, 6.45) is 1.73. The SMILES string of the molecule is N#Cc1cc(Cl)ccc1N1CCC(NC(=O)c2ccsc2)CC1. The highest BCUT2D eigenvalue weighted by Crippen LogP contribution is 2.26. The highest BCUT2D eigenvalue weighted by Gasteiger charge is 2.22. The van der Waals surface area contributed by atoms with Crippen molar-refractivity contribution >= 4 is 34.5 Å². The molecule has 1 N–H and O–H groups in total. The van der Waals surface area contributed by atoms with Gasteiger partial charge in [0.1, 0.15) is 6.07 Å². The number of nitriles is 1. The molecule has 118 valence electrons. The molecule has 1 aliphatic rings. The number of carbonyl (C=O) groups is 1. The maximum atomic E-state index is 12.1. The molecule has 0 atom stereocenters. The first-order chi connectivity index (χ1) is 11.2. The minimum Gasteiger partial charge on any atom is -0.370 e. The number of rotatable bonds is 3. The van der Waals surface area contributed by atoms with Gasteiger partial charge in [0.2, 0.25) is 0 Å². The number of anilines is 1. The van der Waals surface area contributed by atoms with Crippen LogP contribution in [0, 0.1) is 11.3 Å². The minimum absolute atomic E-state index is 0.00564. The van der Waals surface area contributed by atoms with Crippen molar-refractivity contribution in [2.45, 2.75) is 18.9 Å². The number of thiophene rings is 1. The zero-order valence-electron chi connectivity index (χ0n) is 12.5. The van der Waals surface area contributed by atoms with Crippen LogP contribution in [-0.4, -0.2) is 25.0 Å². The molecule has 2 heterocycles. The molecule has 1 aliphatic heterocycles. The molecule has 0 aliphatic carbocycles. The Kier molecular flexibility index (Phi) is 4.85. The van der Waals surface area contributed by atoms with E-state index in [4.69, 9.17) is 11.6 Å². The van der Waals surface area contributed by atoms with E-state index < -0.39 is 0 Å². The second-order valence-corrected chi connectivity index (χ2v) is 6.74. The molecule has 0 unspecified atom stereocenters. The molecular weight excluding hydrogens is 330 g/mol. The Morgan fingerprint density at radius 3 is 2.78 bits per heavy atom. The first-order valence-electron chi connectivity index (χ1n) is 7.45. The van der Waals surface area contributed by atoms with Gasteiger partial charge < -0.3 is 10.2 Å². The van der Waals surface area contributed by atoms with Crippen LogP contribution in [0.5, 0.6) is 0 Å². The van der Waals surface area contributed by atoms with Gasteiger partial charge >= 0.3 is 0 Å². The molecule has 23 heavy (non-hydrogen) atoms. The lowest BCUT2D eigenvalue weighted by atomic mass is 10.0. The Morgan fingerprint density at radius 1 is 1.35 bits per heavy atom. The lowest BCUT2D eigenvalue weighted by Gasteiger charge is -2.34. The second-order valence-electron chi connectivity index (χ2n) is 5.52. The molecule has 0 saturated carbocycles. The number of piperidine rings is 1. The molecule has 6 heteroatoms. The maximum Gasteiger partial charge on any atom is 0.252 e. The summed E-state index contributed by atoms with van der Waals surface area (Å²) in [5.74, 6) is -0.00564. The summed E-state index contributed by atoms with van der Waals surface area (Å²) in [6, 6.07) is 9.61. The molecule has 1 aromatic carbocycles. The lowest BCUT2D eigenvalue weighted by molar-refractivity contribution is 0.0931. The second kappa shape index (κ2) is 7.03. The van der Waals surface area contributed by atoms with E-state index in [-0.39, 0.29) is 11.9 Å². The topological polar surface area (TPSA) is 56.1 Å². The van der Waals surface area contributed by atoms with E-state index >= 15 is 0 Å². The highest BCUT2D eigenvalue weighted by atomic mass is 35.5. The Bertz CT molecular complexity index is 731. The van der Waals surface area contributed by atoms with Crippen molar-refractivity contribution in [2.24, 2.45) is 0 Å². The number of amides is 1. The van der Waals surface area contributed by atoms with Crippen molar-refractivity contribution in [3.63, 3.8) is 0 Å². The van der Waals surface area contributed by atoms with Gasteiger partial charge in [0, 0.05) is 35.1 Å². The Balaban J connectivity index is 1.61. The van der Waals surface area contributed by atoms with Crippen molar-refractivity contribution in [3.8, 4) is 6.07 Å². The standard InChI is InChI=1S/C17H16ClN3OS/c18-14-1-2-16(13(9-14)10-19)21-6-3-15(4-7-21)20-17(22)12-5-8-23-11-12/h1-2,5,8-9,11,15H,3-4,6-7H2,(H,20,22). The predicted molar refractivity (Wildman–Crippen MR) is 93.2 cm³/mol. The average molecular weight is 346 g/mol. The van der Waals surface area contributed by atoms with Crippen LogP contribution in [0.4, 0.5) is 5.69 Å². The fourth-order valence-corrected chi connectivity index (χ4v) is 3.61. The summed E-state index contributed by atoms with van der Waals surface area (Å²) >= 11 is 7.47. The molecule has 1 aromatic heterocycles. The van der Waals surface area contributed by atoms with Crippen molar-refractivity contribution in [3.05, 3.63) is 51.2 Å². The van der Waals surface area contributed by atoms with Gasteiger partial charge in [-0.3, -0.25) is 4.79 Å². The van der Waals surface area contributed by atoms with Gasteiger partial charge in [0.25, 0.3) is 5.91 Å². The van der Waals surface area contributed by atoms with Crippen molar-refractivity contribution < 1.29 is 4.79 Å². The van der Waals surface area contributed by atoms with Crippen LogP contribution in [-0.2, 0) is 0 Å². The molecule has 0 radical (unpaired) electrons. The van der Waals surface area contributed by atoms with Gasteiger partial charge in [-0.05, 0) is 42.5 Å². The first-order valence-corrected chi connectivity index (χ1v) is 8.77. The monoisotopic (exact) mass is 345 g/mol. The number of benzene rings is 1.